The third kappa shape index (κ3) is 6.25. The van der Waals surface area contributed by atoms with Crippen molar-refractivity contribution in [1.82, 2.24) is 9.88 Å². The molecule has 1 aromatic rings. The summed E-state index contributed by atoms with van der Waals surface area (Å²) in [5.74, 6) is 0.0898. The van der Waals surface area contributed by atoms with E-state index in [0.29, 0.717) is 18.9 Å². The highest BCUT2D eigenvalue weighted by atomic mass is 79.9. The number of carbonyl (C=O) groups is 2. The minimum absolute atomic E-state index is 0. The van der Waals surface area contributed by atoms with Crippen LogP contribution in [0.25, 0.3) is 0 Å². The molecule has 1 aliphatic heterocycles. The maximum Gasteiger partial charge on any atom is 0.239 e. The highest BCUT2D eigenvalue weighted by Crippen LogP contribution is 2.19. The molecule has 9 heteroatoms. The van der Waals surface area contributed by atoms with Gasteiger partial charge in [-0.25, -0.2) is 4.98 Å². The molecule has 0 aromatic carbocycles. The van der Waals surface area contributed by atoms with Crippen molar-refractivity contribution < 1.29 is 9.59 Å². The van der Waals surface area contributed by atoms with Crippen LogP contribution in [0.4, 0.5) is 5.82 Å². The van der Waals surface area contributed by atoms with Crippen LogP contribution in [-0.4, -0.2) is 40.8 Å². The van der Waals surface area contributed by atoms with Gasteiger partial charge in [0.15, 0.2) is 0 Å². The number of anilines is 1. The normalized spacial score (nSPS) is 18.2. The zero-order valence-electron chi connectivity index (χ0n) is 12.7. The first-order valence-corrected chi connectivity index (χ1v) is 7.73. The van der Waals surface area contributed by atoms with Crippen LogP contribution in [0.5, 0.6) is 0 Å². The van der Waals surface area contributed by atoms with Crippen LogP contribution in [0.3, 0.4) is 0 Å². The van der Waals surface area contributed by atoms with Gasteiger partial charge in [0.2, 0.25) is 11.8 Å². The highest BCUT2D eigenvalue weighted by Gasteiger charge is 2.29. The maximum absolute atomic E-state index is 12.3. The second kappa shape index (κ2) is 10.1. The molecular formula is C14H21BrCl2N4O2. The van der Waals surface area contributed by atoms with Crippen LogP contribution in [0.15, 0.2) is 22.8 Å². The number of nitrogens with two attached hydrogens (primary N) is 1. The summed E-state index contributed by atoms with van der Waals surface area (Å²) in [7, 11) is 0. The minimum Gasteiger partial charge on any atom is -0.341 e. The Hall–Kier alpha value is -0.890. The highest BCUT2D eigenvalue weighted by molar-refractivity contribution is 9.10. The number of carbonyl (C=O) groups excluding carboxylic acids is 2. The van der Waals surface area contributed by atoms with Gasteiger partial charge in [-0.2, -0.15) is 0 Å². The van der Waals surface area contributed by atoms with E-state index >= 15 is 0 Å². The van der Waals surface area contributed by atoms with E-state index in [1.54, 1.807) is 24.1 Å². The van der Waals surface area contributed by atoms with Crippen molar-refractivity contribution in [2.24, 2.45) is 11.7 Å². The summed E-state index contributed by atoms with van der Waals surface area (Å²) in [6.07, 6.45) is 3.21. The van der Waals surface area contributed by atoms with Crippen LogP contribution < -0.4 is 11.1 Å². The average molecular weight is 428 g/mol. The van der Waals surface area contributed by atoms with Gasteiger partial charge in [-0.05, 0) is 47.8 Å². The zero-order chi connectivity index (χ0) is 15.4. The number of hydrogen-bond acceptors (Lipinski definition) is 4. The van der Waals surface area contributed by atoms with Crippen molar-refractivity contribution in [2.75, 3.05) is 18.4 Å². The number of likely N-dealkylation sites (tertiary alicyclic amines) is 1. The van der Waals surface area contributed by atoms with Gasteiger partial charge in [0.25, 0.3) is 0 Å². The molecular weight excluding hydrogens is 407 g/mol. The van der Waals surface area contributed by atoms with Crippen molar-refractivity contribution in [3.8, 4) is 0 Å². The molecule has 0 spiro atoms. The van der Waals surface area contributed by atoms with E-state index in [4.69, 9.17) is 5.73 Å². The number of piperidine rings is 1. The number of aromatic nitrogens is 1. The monoisotopic (exact) mass is 426 g/mol. The Morgan fingerprint density at radius 1 is 1.43 bits per heavy atom. The number of halogens is 3. The van der Waals surface area contributed by atoms with Crippen molar-refractivity contribution in [3.63, 3.8) is 0 Å². The summed E-state index contributed by atoms with van der Waals surface area (Å²) in [5, 5.41) is 2.79. The molecule has 1 fully saturated rings. The number of hydrogen-bond donors (Lipinski definition) is 2. The molecule has 0 bridgehead atoms. The van der Waals surface area contributed by atoms with Crippen LogP contribution in [0, 0.1) is 5.92 Å². The summed E-state index contributed by atoms with van der Waals surface area (Å²) in [5.41, 5.74) is 5.62. The van der Waals surface area contributed by atoms with Crippen molar-refractivity contribution in [3.05, 3.63) is 22.8 Å². The molecule has 130 valence electrons. The number of nitrogens with zero attached hydrogens (tertiary/aromatic N) is 2. The van der Waals surface area contributed by atoms with E-state index in [9.17, 15) is 9.59 Å². The van der Waals surface area contributed by atoms with E-state index < -0.39 is 6.04 Å². The Bertz CT molecular complexity index is 528. The summed E-state index contributed by atoms with van der Waals surface area (Å²) in [6, 6.07) is 3.02. The van der Waals surface area contributed by atoms with Gasteiger partial charge in [-0.1, -0.05) is 0 Å². The number of nitrogens with one attached hydrogen (secondary N) is 1. The first-order chi connectivity index (χ1) is 9.97. The van der Waals surface area contributed by atoms with E-state index in [1.807, 2.05) is 6.07 Å². The van der Waals surface area contributed by atoms with E-state index in [2.05, 4.69) is 26.2 Å². The molecule has 0 aliphatic carbocycles. The average Bonchev–Trinajstić information content (AvgIpc) is 2.48. The molecule has 1 unspecified atom stereocenters. The molecule has 6 nitrogen and oxygen atoms in total. The fourth-order valence-electron chi connectivity index (χ4n) is 2.36. The fourth-order valence-corrected chi connectivity index (χ4v) is 2.59. The third-order valence-corrected chi connectivity index (χ3v) is 3.94. The lowest BCUT2D eigenvalue weighted by atomic mass is 9.96. The second-order valence-electron chi connectivity index (χ2n) is 5.26. The van der Waals surface area contributed by atoms with Crippen LogP contribution in [0.1, 0.15) is 19.8 Å². The summed E-state index contributed by atoms with van der Waals surface area (Å²) in [4.78, 5) is 30.0. The minimum atomic E-state index is -0.528. The van der Waals surface area contributed by atoms with Gasteiger partial charge >= 0.3 is 0 Å². The smallest absolute Gasteiger partial charge is 0.239 e. The number of rotatable bonds is 3. The van der Waals surface area contributed by atoms with Crippen LogP contribution in [-0.2, 0) is 9.59 Å². The predicted molar refractivity (Wildman–Crippen MR) is 98.0 cm³/mol. The summed E-state index contributed by atoms with van der Waals surface area (Å²) < 4.78 is 0.854. The van der Waals surface area contributed by atoms with E-state index in [-0.39, 0.29) is 42.5 Å². The lowest BCUT2D eigenvalue weighted by molar-refractivity contribution is -0.135. The van der Waals surface area contributed by atoms with E-state index in [1.165, 1.54) is 0 Å². The van der Waals surface area contributed by atoms with Crippen molar-refractivity contribution in [2.45, 2.75) is 25.8 Å². The molecule has 2 rings (SSSR count). The molecule has 2 heterocycles. The van der Waals surface area contributed by atoms with Gasteiger partial charge in [-0.3, -0.25) is 9.59 Å². The molecule has 0 saturated carbocycles. The Morgan fingerprint density at radius 3 is 2.70 bits per heavy atom. The summed E-state index contributed by atoms with van der Waals surface area (Å²) in [6.45, 7) is 2.75. The molecule has 1 aromatic heterocycles. The predicted octanol–water partition coefficient (Wildman–Crippen LogP) is 2.21. The lowest BCUT2D eigenvalue weighted by Gasteiger charge is -2.33. The largest absolute Gasteiger partial charge is 0.341 e. The van der Waals surface area contributed by atoms with Crippen LogP contribution in [0.2, 0.25) is 0 Å². The van der Waals surface area contributed by atoms with Crippen molar-refractivity contribution in [1.29, 1.82) is 0 Å². The first kappa shape index (κ1) is 22.1. The zero-order valence-corrected chi connectivity index (χ0v) is 15.9. The number of amides is 2. The third-order valence-electron chi connectivity index (χ3n) is 3.47. The molecule has 2 atom stereocenters. The Labute approximate surface area is 156 Å². The standard InChI is InChI=1S/C14H19BrN4O2.2ClH/c1-9(16)14(21)19-6-2-3-10(8-19)13(20)18-12-5-4-11(15)7-17-12;;/h4-5,7,9-10H,2-3,6,8,16H2,1H3,(H,17,18,20);2*1H/t9-,10?;;/m1../s1. The summed E-state index contributed by atoms with van der Waals surface area (Å²) >= 11 is 3.29. The van der Waals surface area contributed by atoms with Gasteiger partial charge in [0.05, 0.1) is 12.0 Å². The molecule has 2 amide bonds. The lowest BCUT2D eigenvalue weighted by Crippen LogP contribution is -2.48. The van der Waals surface area contributed by atoms with Gasteiger partial charge < -0.3 is 16.0 Å². The van der Waals surface area contributed by atoms with Gasteiger partial charge in [-0.15, -0.1) is 24.8 Å². The quantitative estimate of drug-likeness (QED) is 0.773. The molecule has 3 N–H and O–H groups in total. The number of pyridine rings is 1. The fraction of sp³-hybridized carbons (Fsp3) is 0.500. The van der Waals surface area contributed by atoms with E-state index in [0.717, 1.165) is 17.3 Å². The Kier molecular flexibility index (Phi) is 9.68. The Morgan fingerprint density at radius 2 is 2.13 bits per heavy atom. The maximum atomic E-state index is 12.3. The molecule has 0 radical (unpaired) electrons. The van der Waals surface area contributed by atoms with Crippen LogP contribution >= 0.6 is 40.7 Å². The molecule has 1 saturated heterocycles. The van der Waals surface area contributed by atoms with Gasteiger partial charge in [0.1, 0.15) is 5.82 Å². The second-order valence-corrected chi connectivity index (χ2v) is 6.18. The topological polar surface area (TPSA) is 88.3 Å². The van der Waals surface area contributed by atoms with Crippen molar-refractivity contribution >= 4 is 58.4 Å². The Balaban J connectivity index is 0.00000242. The SMILES string of the molecule is C[C@@H](N)C(=O)N1CCCC(C(=O)Nc2ccc(Br)cn2)C1.Cl.Cl. The molecule has 23 heavy (non-hydrogen) atoms. The molecule has 1 aliphatic rings. The van der Waals surface area contributed by atoms with Gasteiger partial charge in [0, 0.05) is 23.8 Å². The first-order valence-electron chi connectivity index (χ1n) is 6.94.